The van der Waals surface area contributed by atoms with E-state index in [1.54, 1.807) is 0 Å². The Hall–Kier alpha value is -0.0431. The summed E-state index contributed by atoms with van der Waals surface area (Å²) < 4.78 is 0. The molecule has 1 fully saturated rings. The normalized spacial score (nSPS) is 35.6. The van der Waals surface area contributed by atoms with Crippen LogP contribution in [0.25, 0.3) is 0 Å². The van der Waals surface area contributed by atoms with Gasteiger partial charge in [-0.2, -0.15) is 0 Å². The maximum Gasteiger partial charge on any atom is 0.0456 e. The summed E-state index contributed by atoms with van der Waals surface area (Å²) in [5.74, 6) is 1.96. The van der Waals surface area contributed by atoms with Gasteiger partial charge in [-0.15, -0.1) is 0 Å². The van der Waals surface area contributed by atoms with Crippen LogP contribution in [0.3, 0.4) is 0 Å². The molecule has 0 nitrogen and oxygen atoms in total. The van der Waals surface area contributed by atoms with E-state index in [2.05, 4.69) is 33.0 Å². The Kier molecular flexibility index (Phi) is 2.18. The second-order valence-corrected chi connectivity index (χ2v) is 8.47. The summed E-state index contributed by atoms with van der Waals surface area (Å²) in [5, 5.41) is 0. The lowest BCUT2D eigenvalue weighted by molar-refractivity contribution is -0.00583. The van der Waals surface area contributed by atoms with Crippen molar-refractivity contribution in [2.75, 3.05) is 0 Å². The van der Waals surface area contributed by atoms with Gasteiger partial charge in [0.2, 0.25) is 0 Å². The quantitative estimate of drug-likeness (QED) is 0.463. The highest BCUT2D eigenvalue weighted by atomic mass is 28.3. The van der Waals surface area contributed by atoms with Crippen LogP contribution in [0.4, 0.5) is 0 Å². The van der Waals surface area contributed by atoms with E-state index in [0.29, 0.717) is 5.41 Å². The van der Waals surface area contributed by atoms with E-state index in [-0.39, 0.29) is 8.80 Å². The number of hydrogen-bond donors (Lipinski definition) is 0. The largest absolute Gasteiger partial charge is 0.0850 e. The molecule has 0 amide bonds. The topological polar surface area (TPSA) is 0 Å². The first-order valence-electron chi connectivity index (χ1n) is 5.49. The molecule has 13 heavy (non-hydrogen) atoms. The Bertz CT molecular complexity index is 238. The van der Waals surface area contributed by atoms with Crippen molar-refractivity contribution in [3.05, 3.63) is 11.6 Å². The zero-order valence-corrected chi connectivity index (χ0v) is 10.4. The van der Waals surface area contributed by atoms with Gasteiger partial charge in [-0.1, -0.05) is 38.6 Å². The van der Waals surface area contributed by atoms with E-state index < -0.39 is 0 Å². The molecular weight excluding hydrogens is 172 g/mol. The van der Waals surface area contributed by atoms with Crippen LogP contribution in [-0.4, -0.2) is 8.80 Å². The summed E-state index contributed by atoms with van der Waals surface area (Å²) in [5.41, 5.74) is 2.45. The van der Waals surface area contributed by atoms with Crippen molar-refractivity contribution in [2.24, 2.45) is 17.3 Å². The molecule has 3 aliphatic rings. The van der Waals surface area contributed by atoms with E-state index in [9.17, 15) is 0 Å². The highest BCUT2D eigenvalue weighted by Crippen LogP contribution is 2.59. The minimum atomic E-state index is -0.0594. The summed E-state index contributed by atoms with van der Waals surface area (Å²) in [7, 11) is -0.0594. The molecule has 3 rings (SSSR count). The number of fused-ring (bicyclic) bond motifs is 1. The van der Waals surface area contributed by atoms with Crippen LogP contribution in [0.2, 0.25) is 19.1 Å². The molecular formula is C12H21Si. The second-order valence-electron chi connectivity index (χ2n) is 5.71. The molecule has 1 saturated carbocycles. The van der Waals surface area contributed by atoms with Crippen LogP contribution >= 0.6 is 0 Å². The minimum Gasteiger partial charge on any atom is -0.0850 e. The molecule has 1 radical (unpaired) electrons. The van der Waals surface area contributed by atoms with Crippen LogP contribution in [0.5, 0.6) is 0 Å². The maximum absolute atomic E-state index is 2.56. The van der Waals surface area contributed by atoms with Gasteiger partial charge >= 0.3 is 0 Å². The van der Waals surface area contributed by atoms with Crippen molar-refractivity contribution in [3.63, 3.8) is 0 Å². The van der Waals surface area contributed by atoms with Crippen molar-refractivity contribution < 1.29 is 0 Å². The number of hydrogen-bond acceptors (Lipinski definition) is 0. The van der Waals surface area contributed by atoms with Crippen LogP contribution in [0.1, 0.15) is 26.7 Å². The molecule has 2 unspecified atom stereocenters. The van der Waals surface area contributed by atoms with E-state index >= 15 is 0 Å². The summed E-state index contributed by atoms with van der Waals surface area (Å²) >= 11 is 0. The molecule has 0 N–H and O–H groups in total. The Morgan fingerprint density at radius 2 is 2.15 bits per heavy atom. The standard InChI is InChI=1S/C12H21Si/c1-12(2)10-6-5-9(8-13(3)4)11(12)7-10/h5,10-11H,6-8H2,1-4H3. The van der Waals surface area contributed by atoms with Gasteiger partial charge in [-0.3, -0.25) is 0 Å². The van der Waals surface area contributed by atoms with Crippen LogP contribution in [0, 0.1) is 17.3 Å². The summed E-state index contributed by atoms with van der Waals surface area (Å²) in [6.07, 6.45) is 5.42. The molecule has 0 spiro atoms. The van der Waals surface area contributed by atoms with E-state index in [1.807, 2.05) is 5.57 Å². The zero-order valence-electron chi connectivity index (χ0n) is 9.35. The SMILES string of the molecule is C[Si](C)CC1=CCC2CC1C2(C)C. The first-order chi connectivity index (χ1) is 6.01. The minimum absolute atomic E-state index is 0.0594. The lowest BCUT2D eigenvalue weighted by Gasteiger charge is -2.56. The van der Waals surface area contributed by atoms with E-state index in [4.69, 9.17) is 0 Å². The van der Waals surface area contributed by atoms with Crippen molar-refractivity contribution in [2.45, 2.75) is 45.8 Å². The van der Waals surface area contributed by atoms with Crippen LogP contribution in [-0.2, 0) is 0 Å². The molecule has 0 heterocycles. The third-order valence-corrected chi connectivity index (χ3v) is 5.26. The highest BCUT2D eigenvalue weighted by molar-refractivity contribution is 6.56. The molecule has 0 saturated heterocycles. The molecule has 0 aliphatic heterocycles. The summed E-state index contributed by atoms with van der Waals surface area (Å²) in [6.45, 7) is 9.81. The van der Waals surface area contributed by atoms with Crippen molar-refractivity contribution in [3.8, 4) is 0 Å². The van der Waals surface area contributed by atoms with Crippen LogP contribution < -0.4 is 0 Å². The van der Waals surface area contributed by atoms with Gasteiger partial charge in [-0.05, 0) is 36.1 Å². The monoisotopic (exact) mass is 193 g/mol. The van der Waals surface area contributed by atoms with E-state index in [0.717, 1.165) is 11.8 Å². The number of allylic oxidation sites excluding steroid dienone is 2. The lowest BCUT2D eigenvalue weighted by atomic mass is 9.49. The third kappa shape index (κ3) is 1.41. The van der Waals surface area contributed by atoms with Crippen LogP contribution in [0.15, 0.2) is 11.6 Å². The van der Waals surface area contributed by atoms with Gasteiger partial charge in [0.25, 0.3) is 0 Å². The third-order valence-electron chi connectivity index (χ3n) is 4.14. The number of rotatable bonds is 2. The first-order valence-corrected chi connectivity index (χ1v) is 8.20. The first kappa shape index (κ1) is 9.51. The Morgan fingerprint density at radius 3 is 2.62 bits per heavy atom. The molecule has 3 aliphatic carbocycles. The summed E-state index contributed by atoms with van der Waals surface area (Å²) in [6, 6.07) is 1.44. The molecule has 0 aromatic rings. The van der Waals surface area contributed by atoms with Gasteiger partial charge in [-0.25, -0.2) is 0 Å². The fourth-order valence-corrected chi connectivity index (χ4v) is 4.29. The predicted molar refractivity (Wildman–Crippen MR) is 60.4 cm³/mol. The molecule has 2 bridgehead atoms. The lowest BCUT2D eigenvalue weighted by Crippen LogP contribution is -2.48. The molecule has 2 atom stereocenters. The van der Waals surface area contributed by atoms with Gasteiger partial charge < -0.3 is 0 Å². The van der Waals surface area contributed by atoms with Gasteiger partial charge in [0.15, 0.2) is 0 Å². The average molecular weight is 193 g/mol. The molecule has 0 aromatic heterocycles. The van der Waals surface area contributed by atoms with Gasteiger partial charge in [0, 0.05) is 8.80 Å². The smallest absolute Gasteiger partial charge is 0.0456 e. The fourth-order valence-electron chi connectivity index (χ4n) is 3.08. The predicted octanol–water partition coefficient (Wildman–Crippen LogP) is 3.73. The van der Waals surface area contributed by atoms with Crippen molar-refractivity contribution in [1.82, 2.24) is 0 Å². The molecule has 0 aromatic carbocycles. The fraction of sp³-hybridized carbons (Fsp3) is 0.833. The van der Waals surface area contributed by atoms with Gasteiger partial charge in [0.1, 0.15) is 0 Å². The Morgan fingerprint density at radius 1 is 1.46 bits per heavy atom. The summed E-state index contributed by atoms with van der Waals surface area (Å²) in [4.78, 5) is 0. The van der Waals surface area contributed by atoms with Crippen molar-refractivity contribution in [1.29, 1.82) is 0 Å². The second kappa shape index (κ2) is 2.98. The zero-order chi connectivity index (χ0) is 9.64. The van der Waals surface area contributed by atoms with Gasteiger partial charge in [0.05, 0.1) is 0 Å². The average Bonchev–Trinajstić information content (AvgIpc) is 2.03. The molecule has 73 valence electrons. The Balaban J connectivity index is 2.10. The van der Waals surface area contributed by atoms with Crippen molar-refractivity contribution >= 4 is 8.80 Å². The van der Waals surface area contributed by atoms with E-state index in [1.165, 1.54) is 18.9 Å². The highest BCUT2D eigenvalue weighted by Gasteiger charge is 2.50. The Labute approximate surface area is 84.0 Å². The maximum atomic E-state index is 2.56. The molecule has 1 heteroatoms.